The van der Waals surface area contributed by atoms with Crippen LogP contribution in [0.25, 0.3) is 10.8 Å². The van der Waals surface area contributed by atoms with Crippen LogP contribution in [0.2, 0.25) is 0 Å². The number of ether oxygens (including phenoxy) is 2. The van der Waals surface area contributed by atoms with Gasteiger partial charge in [-0.3, -0.25) is 0 Å². The van der Waals surface area contributed by atoms with E-state index in [2.05, 4.69) is 5.32 Å². The number of methoxy groups -OCH3 is 1. The molecule has 0 heterocycles. The summed E-state index contributed by atoms with van der Waals surface area (Å²) in [6.45, 7) is 2.15. The lowest BCUT2D eigenvalue weighted by Crippen LogP contribution is -2.05. The summed E-state index contributed by atoms with van der Waals surface area (Å²) in [4.78, 5) is 11.9. The molecular weight excluding hydrogens is 302 g/mol. The van der Waals surface area contributed by atoms with Crippen molar-refractivity contribution in [1.29, 1.82) is 0 Å². The SMILES string of the molecule is CCOC(=O)c1cccc(Nc2cc(OC)cc3ccccc23)c1. The summed E-state index contributed by atoms with van der Waals surface area (Å²) in [5.41, 5.74) is 2.26. The van der Waals surface area contributed by atoms with Gasteiger partial charge in [-0.05, 0) is 36.6 Å². The predicted octanol–water partition coefficient (Wildman–Crippen LogP) is 4.77. The predicted molar refractivity (Wildman–Crippen MR) is 96.2 cm³/mol. The highest BCUT2D eigenvalue weighted by molar-refractivity contribution is 5.97. The van der Waals surface area contributed by atoms with Crippen molar-refractivity contribution in [3.05, 3.63) is 66.2 Å². The average Bonchev–Trinajstić information content (AvgIpc) is 2.62. The van der Waals surface area contributed by atoms with Crippen LogP contribution < -0.4 is 10.1 Å². The lowest BCUT2D eigenvalue weighted by atomic mass is 10.1. The van der Waals surface area contributed by atoms with Gasteiger partial charge in [-0.25, -0.2) is 4.79 Å². The molecule has 4 nitrogen and oxygen atoms in total. The van der Waals surface area contributed by atoms with E-state index < -0.39 is 0 Å². The number of nitrogens with one attached hydrogen (secondary N) is 1. The third-order valence-corrected chi connectivity index (χ3v) is 3.72. The number of fused-ring (bicyclic) bond motifs is 1. The smallest absolute Gasteiger partial charge is 0.338 e. The number of esters is 1. The fourth-order valence-corrected chi connectivity index (χ4v) is 2.60. The van der Waals surface area contributed by atoms with Gasteiger partial charge in [0.1, 0.15) is 5.75 Å². The van der Waals surface area contributed by atoms with Gasteiger partial charge in [0.05, 0.1) is 25.0 Å². The monoisotopic (exact) mass is 321 g/mol. The molecule has 0 aliphatic rings. The second kappa shape index (κ2) is 7.04. The Morgan fingerprint density at radius 3 is 2.67 bits per heavy atom. The van der Waals surface area contributed by atoms with Crippen LogP contribution in [0, 0.1) is 0 Å². The van der Waals surface area contributed by atoms with Crippen LogP contribution in [0.5, 0.6) is 5.75 Å². The zero-order chi connectivity index (χ0) is 16.9. The minimum absolute atomic E-state index is 0.323. The molecule has 0 aromatic heterocycles. The molecule has 0 fully saturated rings. The molecule has 0 unspecified atom stereocenters. The maximum Gasteiger partial charge on any atom is 0.338 e. The number of rotatable bonds is 5. The Bertz CT molecular complexity index is 874. The van der Waals surface area contributed by atoms with E-state index in [9.17, 15) is 4.79 Å². The first kappa shape index (κ1) is 15.9. The van der Waals surface area contributed by atoms with E-state index in [1.807, 2.05) is 48.5 Å². The molecule has 0 saturated carbocycles. The molecule has 3 rings (SSSR count). The lowest BCUT2D eigenvalue weighted by Gasteiger charge is -2.13. The molecule has 122 valence electrons. The maximum absolute atomic E-state index is 11.9. The van der Waals surface area contributed by atoms with Crippen LogP contribution in [0.4, 0.5) is 11.4 Å². The summed E-state index contributed by atoms with van der Waals surface area (Å²) in [6.07, 6.45) is 0. The highest BCUT2D eigenvalue weighted by Crippen LogP contribution is 2.31. The number of carbonyl (C=O) groups excluding carboxylic acids is 1. The Labute approximate surface area is 141 Å². The van der Waals surface area contributed by atoms with Crippen molar-refractivity contribution in [2.45, 2.75) is 6.92 Å². The first-order valence-corrected chi connectivity index (χ1v) is 7.82. The molecule has 0 aliphatic carbocycles. The van der Waals surface area contributed by atoms with Gasteiger partial charge in [0.15, 0.2) is 0 Å². The summed E-state index contributed by atoms with van der Waals surface area (Å²) >= 11 is 0. The Morgan fingerprint density at radius 2 is 1.88 bits per heavy atom. The fourth-order valence-electron chi connectivity index (χ4n) is 2.60. The second-order valence-corrected chi connectivity index (χ2v) is 5.32. The molecule has 0 bridgehead atoms. The molecule has 3 aromatic carbocycles. The van der Waals surface area contributed by atoms with Gasteiger partial charge in [-0.1, -0.05) is 30.3 Å². The normalized spacial score (nSPS) is 10.4. The van der Waals surface area contributed by atoms with Crippen LogP contribution >= 0.6 is 0 Å². The Balaban J connectivity index is 1.98. The van der Waals surface area contributed by atoms with E-state index in [-0.39, 0.29) is 5.97 Å². The molecule has 0 radical (unpaired) electrons. The third-order valence-electron chi connectivity index (χ3n) is 3.72. The van der Waals surface area contributed by atoms with Gasteiger partial charge >= 0.3 is 5.97 Å². The number of anilines is 2. The number of hydrogen-bond acceptors (Lipinski definition) is 4. The van der Waals surface area contributed by atoms with Gasteiger partial charge in [-0.2, -0.15) is 0 Å². The second-order valence-electron chi connectivity index (χ2n) is 5.32. The molecule has 0 atom stereocenters. The van der Waals surface area contributed by atoms with E-state index in [1.54, 1.807) is 26.2 Å². The third kappa shape index (κ3) is 3.33. The average molecular weight is 321 g/mol. The molecule has 3 aromatic rings. The van der Waals surface area contributed by atoms with Crippen molar-refractivity contribution in [3.8, 4) is 5.75 Å². The van der Waals surface area contributed by atoms with Gasteiger partial charge in [0, 0.05) is 17.1 Å². The Morgan fingerprint density at radius 1 is 1.04 bits per heavy atom. The largest absolute Gasteiger partial charge is 0.497 e. The van der Waals surface area contributed by atoms with E-state index in [0.29, 0.717) is 12.2 Å². The zero-order valence-corrected chi connectivity index (χ0v) is 13.7. The van der Waals surface area contributed by atoms with E-state index in [4.69, 9.17) is 9.47 Å². The quantitative estimate of drug-likeness (QED) is 0.688. The van der Waals surface area contributed by atoms with E-state index in [1.165, 1.54) is 0 Å². The van der Waals surface area contributed by atoms with Gasteiger partial charge in [0.2, 0.25) is 0 Å². The summed E-state index contributed by atoms with van der Waals surface area (Å²) in [5, 5.41) is 5.54. The van der Waals surface area contributed by atoms with Crippen LogP contribution in [-0.2, 0) is 4.74 Å². The summed E-state index contributed by atoms with van der Waals surface area (Å²) in [6, 6.07) is 19.3. The van der Waals surface area contributed by atoms with E-state index in [0.717, 1.165) is 27.9 Å². The Hall–Kier alpha value is -3.01. The van der Waals surface area contributed by atoms with Crippen molar-refractivity contribution in [1.82, 2.24) is 0 Å². The molecule has 24 heavy (non-hydrogen) atoms. The molecule has 0 amide bonds. The van der Waals surface area contributed by atoms with Crippen molar-refractivity contribution < 1.29 is 14.3 Å². The zero-order valence-electron chi connectivity index (χ0n) is 13.7. The van der Waals surface area contributed by atoms with Crippen molar-refractivity contribution >= 4 is 28.1 Å². The minimum Gasteiger partial charge on any atom is -0.497 e. The highest BCUT2D eigenvalue weighted by Gasteiger charge is 2.09. The molecular formula is C20H19NO3. The molecule has 1 N–H and O–H groups in total. The van der Waals surface area contributed by atoms with Crippen LogP contribution in [0.1, 0.15) is 17.3 Å². The summed E-state index contributed by atoms with van der Waals surface area (Å²) in [5.74, 6) is 0.453. The van der Waals surface area contributed by atoms with Gasteiger partial charge in [-0.15, -0.1) is 0 Å². The highest BCUT2D eigenvalue weighted by atomic mass is 16.5. The molecule has 4 heteroatoms. The van der Waals surface area contributed by atoms with Crippen molar-refractivity contribution in [2.75, 3.05) is 19.0 Å². The first-order valence-electron chi connectivity index (χ1n) is 7.82. The van der Waals surface area contributed by atoms with E-state index >= 15 is 0 Å². The molecule has 0 spiro atoms. The number of carbonyl (C=O) groups is 1. The topological polar surface area (TPSA) is 47.6 Å². The minimum atomic E-state index is -0.323. The maximum atomic E-state index is 11.9. The molecule has 0 aliphatic heterocycles. The van der Waals surface area contributed by atoms with Crippen molar-refractivity contribution in [2.24, 2.45) is 0 Å². The summed E-state index contributed by atoms with van der Waals surface area (Å²) in [7, 11) is 1.65. The molecule has 0 saturated heterocycles. The first-order chi connectivity index (χ1) is 11.7. The van der Waals surface area contributed by atoms with Crippen molar-refractivity contribution in [3.63, 3.8) is 0 Å². The van der Waals surface area contributed by atoms with Crippen LogP contribution in [0.3, 0.4) is 0 Å². The van der Waals surface area contributed by atoms with Crippen LogP contribution in [0.15, 0.2) is 60.7 Å². The van der Waals surface area contributed by atoms with Crippen LogP contribution in [-0.4, -0.2) is 19.7 Å². The lowest BCUT2D eigenvalue weighted by molar-refractivity contribution is 0.0526. The summed E-state index contributed by atoms with van der Waals surface area (Å²) < 4.78 is 10.4. The fraction of sp³-hybridized carbons (Fsp3) is 0.150. The standard InChI is InChI=1S/C20H19NO3/c1-3-24-20(22)15-8-6-9-16(11-15)21-19-13-17(23-2)12-14-7-4-5-10-18(14)19/h4-13,21H,3H2,1-2H3. The number of benzene rings is 3. The van der Waals surface area contributed by atoms with Gasteiger partial charge < -0.3 is 14.8 Å². The Kier molecular flexibility index (Phi) is 4.66. The van der Waals surface area contributed by atoms with Gasteiger partial charge in [0.25, 0.3) is 0 Å². The number of hydrogen-bond donors (Lipinski definition) is 1.